The van der Waals surface area contributed by atoms with E-state index in [1.807, 2.05) is 19.9 Å². The van der Waals surface area contributed by atoms with E-state index in [9.17, 15) is 0 Å². The standard InChI is InChI=1S/C10H12N6/c1-6-3-10(15-7(2)14-6)16-9-4-8(11)12-5-13-9/h3-5H,1-2H3,(H3,11,12,13,14,15,16). The zero-order chi connectivity index (χ0) is 11.5. The summed E-state index contributed by atoms with van der Waals surface area (Å²) >= 11 is 0. The van der Waals surface area contributed by atoms with Gasteiger partial charge in [0.25, 0.3) is 0 Å². The maximum atomic E-state index is 5.55. The fourth-order valence-electron chi connectivity index (χ4n) is 1.35. The van der Waals surface area contributed by atoms with Gasteiger partial charge in [0.1, 0.15) is 29.6 Å². The number of aryl methyl sites for hydroxylation is 2. The van der Waals surface area contributed by atoms with Crippen molar-refractivity contribution in [2.75, 3.05) is 11.1 Å². The van der Waals surface area contributed by atoms with Gasteiger partial charge in [0.15, 0.2) is 0 Å². The summed E-state index contributed by atoms with van der Waals surface area (Å²) < 4.78 is 0. The molecule has 0 amide bonds. The Balaban J connectivity index is 2.27. The normalized spacial score (nSPS) is 10.1. The molecule has 0 aliphatic heterocycles. The van der Waals surface area contributed by atoms with Gasteiger partial charge in [-0.3, -0.25) is 0 Å². The van der Waals surface area contributed by atoms with E-state index in [1.54, 1.807) is 6.07 Å². The van der Waals surface area contributed by atoms with Crippen LogP contribution in [-0.2, 0) is 0 Å². The lowest BCUT2D eigenvalue weighted by atomic mass is 10.4. The van der Waals surface area contributed by atoms with Crippen LogP contribution in [0.1, 0.15) is 11.5 Å². The van der Waals surface area contributed by atoms with Gasteiger partial charge in [-0.25, -0.2) is 19.9 Å². The topological polar surface area (TPSA) is 89.6 Å². The van der Waals surface area contributed by atoms with E-state index < -0.39 is 0 Å². The first-order valence-electron chi connectivity index (χ1n) is 4.80. The third-order valence-electron chi connectivity index (χ3n) is 1.91. The Bertz CT molecular complexity index is 490. The predicted molar refractivity (Wildman–Crippen MR) is 61.2 cm³/mol. The average molecular weight is 216 g/mol. The van der Waals surface area contributed by atoms with E-state index in [1.165, 1.54) is 6.33 Å². The Kier molecular flexibility index (Phi) is 2.63. The third-order valence-corrected chi connectivity index (χ3v) is 1.91. The summed E-state index contributed by atoms with van der Waals surface area (Å²) in [6.07, 6.45) is 1.40. The molecule has 2 aromatic heterocycles. The number of hydrogen-bond acceptors (Lipinski definition) is 6. The van der Waals surface area contributed by atoms with Gasteiger partial charge in [0.2, 0.25) is 0 Å². The summed E-state index contributed by atoms with van der Waals surface area (Å²) in [6, 6.07) is 3.48. The summed E-state index contributed by atoms with van der Waals surface area (Å²) in [5, 5.41) is 3.04. The highest BCUT2D eigenvalue weighted by atomic mass is 15.1. The molecule has 6 heteroatoms. The maximum Gasteiger partial charge on any atom is 0.137 e. The highest BCUT2D eigenvalue weighted by molar-refractivity contribution is 5.54. The van der Waals surface area contributed by atoms with Crippen LogP contribution in [0.15, 0.2) is 18.5 Å². The summed E-state index contributed by atoms with van der Waals surface area (Å²) in [7, 11) is 0. The molecule has 6 nitrogen and oxygen atoms in total. The molecule has 2 rings (SSSR count). The van der Waals surface area contributed by atoms with E-state index in [0.717, 1.165) is 5.69 Å². The van der Waals surface area contributed by atoms with Crippen molar-refractivity contribution in [3.8, 4) is 0 Å². The molecule has 0 spiro atoms. The number of hydrogen-bond donors (Lipinski definition) is 2. The Morgan fingerprint density at radius 1 is 1.06 bits per heavy atom. The number of nitrogens with one attached hydrogen (secondary N) is 1. The molecule has 0 unspecified atom stereocenters. The summed E-state index contributed by atoms with van der Waals surface area (Å²) in [5.74, 6) is 2.44. The van der Waals surface area contributed by atoms with Crippen molar-refractivity contribution in [1.82, 2.24) is 19.9 Å². The fourth-order valence-corrected chi connectivity index (χ4v) is 1.35. The third kappa shape index (κ3) is 2.41. The number of nitrogen functional groups attached to an aromatic ring is 1. The minimum atomic E-state index is 0.417. The van der Waals surface area contributed by atoms with Gasteiger partial charge in [0, 0.05) is 17.8 Å². The highest BCUT2D eigenvalue weighted by Crippen LogP contribution is 2.13. The number of nitrogens with two attached hydrogens (primary N) is 1. The van der Waals surface area contributed by atoms with Crippen molar-refractivity contribution in [2.24, 2.45) is 0 Å². The van der Waals surface area contributed by atoms with Gasteiger partial charge in [-0.05, 0) is 13.8 Å². The minimum Gasteiger partial charge on any atom is -0.384 e. The zero-order valence-electron chi connectivity index (χ0n) is 9.10. The molecule has 0 fully saturated rings. The smallest absolute Gasteiger partial charge is 0.137 e. The largest absolute Gasteiger partial charge is 0.384 e. The predicted octanol–water partition coefficient (Wildman–Crippen LogP) is 1.21. The Morgan fingerprint density at radius 3 is 2.56 bits per heavy atom. The molecule has 2 aromatic rings. The van der Waals surface area contributed by atoms with E-state index >= 15 is 0 Å². The van der Waals surface area contributed by atoms with Crippen LogP contribution < -0.4 is 11.1 Å². The first-order chi connectivity index (χ1) is 7.63. The summed E-state index contributed by atoms with van der Waals surface area (Å²) in [4.78, 5) is 16.3. The summed E-state index contributed by atoms with van der Waals surface area (Å²) in [5.41, 5.74) is 6.45. The molecule has 0 aliphatic carbocycles. The van der Waals surface area contributed by atoms with Crippen LogP contribution in [0.4, 0.5) is 17.5 Å². The molecule has 3 N–H and O–H groups in total. The van der Waals surface area contributed by atoms with Gasteiger partial charge in [0.05, 0.1) is 0 Å². The molecular weight excluding hydrogens is 204 g/mol. The lowest BCUT2D eigenvalue weighted by Crippen LogP contribution is -2.01. The number of anilines is 3. The van der Waals surface area contributed by atoms with E-state index in [2.05, 4.69) is 25.3 Å². The lowest BCUT2D eigenvalue weighted by Gasteiger charge is -2.06. The monoisotopic (exact) mass is 216 g/mol. The van der Waals surface area contributed by atoms with Gasteiger partial charge in [-0.2, -0.15) is 0 Å². The fraction of sp³-hybridized carbons (Fsp3) is 0.200. The van der Waals surface area contributed by atoms with E-state index in [0.29, 0.717) is 23.3 Å². The quantitative estimate of drug-likeness (QED) is 0.784. The van der Waals surface area contributed by atoms with Crippen molar-refractivity contribution in [3.63, 3.8) is 0 Å². The van der Waals surface area contributed by atoms with Crippen LogP contribution in [0.2, 0.25) is 0 Å². The first kappa shape index (κ1) is 10.3. The molecule has 0 aromatic carbocycles. The number of rotatable bonds is 2. The Morgan fingerprint density at radius 2 is 1.88 bits per heavy atom. The van der Waals surface area contributed by atoms with Crippen LogP contribution in [0.25, 0.3) is 0 Å². The highest BCUT2D eigenvalue weighted by Gasteiger charge is 2.00. The zero-order valence-corrected chi connectivity index (χ0v) is 9.10. The second kappa shape index (κ2) is 4.09. The molecule has 0 atom stereocenters. The summed E-state index contributed by atoms with van der Waals surface area (Å²) in [6.45, 7) is 3.75. The molecule has 0 bridgehead atoms. The number of aromatic nitrogens is 4. The Hall–Kier alpha value is -2.24. The Labute approximate surface area is 93.0 Å². The molecular formula is C10H12N6. The first-order valence-corrected chi connectivity index (χ1v) is 4.80. The van der Waals surface area contributed by atoms with Crippen LogP contribution in [0.5, 0.6) is 0 Å². The minimum absolute atomic E-state index is 0.417. The van der Waals surface area contributed by atoms with Crippen molar-refractivity contribution in [1.29, 1.82) is 0 Å². The second-order valence-electron chi connectivity index (χ2n) is 3.39. The SMILES string of the molecule is Cc1cc(Nc2cc(N)ncn2)nc(C)n1. The lowest BCUT2D eigenvalue weighted by molar-refractivity contribution is 1.01. The van der Waals surface area contributed by atoms with E-state index in [-0.39, 0.29) is 0 Å². The van der Waals surface area contributed by atoms with Gasteiger partial charge >= 0.3 is 0 Å². The molecule has 2 heterocycles. The van der Waals surface area contributed by atoms with Crippen molar-refractivity contribution in [2.45, 2.75) is 13.8 Å². The van der Waals surface area contributed by atoms with Gasteiger partial charge in [-0.15, -0.1) is 0 Å². The van der Waals surface area contributed by atoms with Crippen molar-refractivity contribution < 1.29 is 0 Å². The average Bonchev–Trinajstić information content (AvgIpc) is 2.15. The molecule has 82 valence electrons. The van der Waals surface area contributed by atoms with E-state index in [4.69, 9.17) is 5.73 Å². The van der Waals surface area contributed by atoms with Crippen LogP contribution >= 0.6 is 0 Å². The van der Waals surface area contributed by atoms with Gasteiger partial charge in [-0.1, -0.05) is 0 Å². The number of nitrogens with zero attached hydrogens (tertiary/aromatic N) is 4. The van der Waals surface area contributed by atoms with Crippen LogP contribution in [0, 0.1) is 13.8 Å². The molecule has 0 aliphatic rings. The van der Waals surface area contributed by atoms with Crippen LogP contribution in [0.3, 0.4) is 0 Å². The second-order valence-corrected chi connectivity index (χ2v) is 3.39. The van der Waals surface area contributed by atoms with Crippen molar-refractivity contribution in [3.05, 3.63) is 30.0 Å². The molecule has 0 saturated carbocycles. The molecule has 16 heavy (non-hydrogen) atoms. The van der Waals surface area contributed by atoms with Crippen LogP contribution in [-0.4, -0.2) is 19.9 Å². The molecule has 0 saturated heterocycles. The van der Waals surface area contributed by atoms with Crippen molar-refractivity contribution >= 4 is 17.5 Å². The molecule has 0 radical (unpaired) electrons. The van der Waals surface area contributed by atoms with Gasteiger partial charge < -0.3 is 11.1 Å². The maximum absolute atomic E-state index is 5.55.